The lowest BCUT2D eigenvalue weighted by Crippen LogP contribution is -2.17. The van der Waals surface area contributed by atoms with Crippen molar-refractivity contribution in [3.63, 3.8) is 0 Å². The smallest absolute Gasteiger partial charge is 0.319 e. The third kappa shape index (κ3) is 4.92. The van der Waals surface area contributed by atoms with Crippen molar-refractivity contribution in [1.82, 2.24) is 10.1 Å². The van der Waals surface area contributed by atoms with Gasteiger partial charge in [0.25, 0.3) is 11.6 Å². The molecule has 1 heterocycles. The predicted octanol–water partition coefficient (Wildman–Crippen LogP) is 4.01. The minimum absolute atomic E-state index is 0.0198. The number of esters is 1. The molecule has 0 bridgehead atoms. The van der Waals surface area contributed by atoms with Crippen LogP contribution >= 0.6 is 11.8 Å². The standard InChI is InChI=1S/C18H14FN3O5S/c1-11(28-15-8-6-14(7-9-15)22(24)25)18(23)26-10-16-20-17(27-21-16)12-2-4-13(19)5-3-12/h2-9,11H,10H2,1H3. The molecule has 1 aromatic heterocycles. The number of hydrogen-bond donors (Lipinski definition) is 0. The Hall–Kier alpha value is -3.27. The van der Waals surface area contributed by atoms with Crippen molar-refractivity contribution in [2.75, 3.05) is 0 Å². The van der Waals surface area contributed by atoms with Gasteiger partial charge in [0.1, 0.15) is 11.1 Å². The number of benzene rings is 2. The van der Waals surface area contributed by atoms with Crippen molar-refractivity contribution in [2.45, 2.75) is 23.7 Å². The second-order valence-electron chi connectivity index (χ2n) is 5.64. The Bertz CT molecular complexity index is 976. The number of carbonyl (C=O) groups is 1. The van der Waals surface area contributed by atoms with E-state index in [0.29, 0.717) is 10.5 Å². The van der Waals surface area contributed by atoms with Crippen molar-refractivity contribution in [2.24, 2.45) is 0 Å². The largest absolute Gasteiger partial charge is 0.456 e. The summed E-state index contributed by atoms with van der Waals surface area (Å²) in [6, 6.07) is 11.4. The van der Waals surface area contributed by atoms with Crippen LogP contribution in [0.15, 0.2) is 57.9 Å². The Morgan fingerprint density at radius 1 is 1.25 bits per heavy atom. The van der Waals surface area contributed by atoms with Crippen molar-refractivity contribution in [3.05, 3.63) is 70.3 Å². The van der Waals surface area contributed by atoms with Gasteiger partial charge >= 0.3 is 5.97 Å². The molecule has 144 valence electrons. The van der Waals surface area contributed by atoms with Crippen LogP contribution in [0.3, 0.4) is 0 Å². The summed E-state index contributed by atoms with van der Waals surface area (Å²) in [4.78, 5) is 27.1. The van der Waals surface area contributed by atoms with Gasteiger partial charge in [-0.2, -0.15) is 4.98 Å². The number of aromatic nitrogens is 2. The van der Waals surface area contributed by atoms with Gasteiger partial charge < -0.3 is 9.26 Å². The highest BCUT2D eigenvalue weighted by Crippen LogP contribution is 2.26. The number of non-ortho nitro benzene ring substituents is 1. The van der Waals surface area contributed by atoms with Crippen LogP contribution in [0, 0.1) is 15.9 Å². The summed E-state index contributed by atoms with van der Waals surface area (Å²) in [6.07, 6.45) is 0. The van der Waals surface area contributed by atoms with Gasteiger partial charge in [0.15, 0.2) is 6.61 Å². The summed E-state index contributed by atoms with van der Waals surface area (Å²) in [5, 5.41) is 13.8. The maximum Gasteiger partial charge on any atom is 0.319 e. The first-order valence-corrected chi connectivity index (χ1v) is 8.96. The molecule has 2 aromatic carbocycles. The monoisotopic (exact) mass is 403 g/mol. The van der Waals surface area contributed by atoms with Crippen molar-refractivity contribution in [1.29, 1.82) is 0 Å². The molecule has 0 N–H and O–H groups in total. The predicted molar refractivity (Wildman–Crippen MR) is 97.9 cm³/mol. The van der Waals surface area contributed by atoms with Gasteiger partial charge in [-0.25, -0.2) is 4.39 Å². The summed E-state index contributed by atoms with van der Waals surface area (Å²) in [5.74, 6) is -0.493. The fourth-order valence-corrected chi connectivity index (χ4v) is 3.04. The van der Waals surface area contributed by atoms with E-state index < -0.39 is 16.1 Å². The van der Waals surface area contributed by atoms with Gasteiger partial charge in [-0.1, -0.05) is 5.16 Å². The number of nitro groups is 1. The molecule has 1 atom stereocenters. The van der Waals surface area contributed by atoms with Gasteiger partial charge in [-0.3, -0.25) is 14.9 Å². The number of hydrogen-bond acceptors (Lipinski definition) is 8. The van der Waals surface area contributed by atoms with Gasteiger partial charge in [0.2, 0.25) is 5.82 Å². The number of halogens is 1. The average Bonchev–Trinajstić information content (AvgIpc) is 3.16. The quantitative estimate of drug-likeness (QED) is 0.252. The van der Waals surface area contributed by atoms with E-state index in [0.717, 1.165) is 0 Å². The first-order chi connectivity index (χ1) is 13.4. The minimum atomic E-state index is -0.537. The van der Waals surface area contributed by atoms with E-state index in [9.17, 15) is 19.3 Å². The number of nitrogens with zero attached hydrogens (tertiary/aromatic N) is 3. The maximum absolute atomic E-state index is 12.9. The zero-order valence-electron chi connectivity index (χ0n) is 14.6. The summed E-state index contributed by atoms with van der Waals surface area (Å²) in [5.41, 5.74) is 0.530. The number of ether oxygens (including phenoxy) is 1. The van der Waals surface area contributed by atoms with Gasteiger partial charge in [0.05, 0.1) is 4.92 Å². The van der Waals surface area contributed by atoms with Gasteiger partial charge in [-0.05, 0) is 43.3 Å². The molecule has 0 amide bonds. The molecule has 8 nitrogen and oxygen atoms in total. The van der Waals surface area contributed by atoms with Crippen molar-refractivity contribution >= 4 is 23.4 Å². The van der Waals surface area contributed by atoms with Gasteiger partial charge in [-0.15, -0.1) is 11.8 Å². The molecule has 10 heteroatoms. The molecule has 3 aromatic rings. The summed E-state index contributed by atoms with van der Waals surface area (Å²) in [7, 11) is 0. The number of rotatable bonds is 7. The topological polar surface area (TPSA) is 108 Å². The lowest BCUT2D eigenvalue weighted by Gasteiger charge is -2.10. The molecule has 0 saturated heterocycles. The Morgan fingerprint density at radius 3 is 2.57 bits per heavy atom. The molecule has 1 unspecified atom stereocenters. The minimum Gasteiger partial charge on any atom is -0.456 e. The number of nitro benzene ring substituents is 1. The lowest BCUT2D eigenvalue weighted by atomic mass is 10.2. The molecular weight excluding hydrogens is 389 g/mol. The molecular formula is C18H14FN3O5S. The Balaban J connectivity index is 1.53. The van der Waals surface area contributed by atoms with Crippen LogP contribution in [0.2, 0.25) is 0 Å². The van der Waals surface area contributed by atoms with E-state index in [4.69, 9.17) is 9.26 Å². The Labute approximate surface area is 162 Å². The number of thioether (sulfide) groups is 1. The maximum atomic E-state index is 12.9. The third-order valence-corrected chi connectivity index (χ3v) is 4.69. The summed E-state index contributed by atoms with van der Waals surface area (Å²) < 4.78 is 23.2. The summed E-state index contributed by atoms with van der Waals surface area (Å²) >= 11 is 1.21. The van der Waals surface area contributed by atoms with E-state index in [2.05, 4.69) is 10.1 Å². The Morgan fingerprint density at radius 2 is 1.93 bits per heavy atom. The van der Waals surface area contributed by atoms with Crippen LogP contribution in [0.5, 0.6) is 0 Å². The molecule has 0 spiro atoms. The van der Waals surface area contributed by atoms with E-state index in [-0.39, 0.29) is 29.8 Å². The van der Waals surface area contributed by atoms with Crippen molar-refractivity contribution in [3.8, 4) is 11.5 Å². The molecule has 0 saturated carbocycles. The fourth-order valence-electron chi connectivity index (χ4n) is 2.17. The van der Waals surface area contributed by atoms with Crippen LogP contribution in [-0.2, 0) is 16.1 Å². The highest BCUT2D eigenvalue weighted by Gasteiger charge is 2.18. The highest BCUT2D eigenvalue weighted by atomic mass is 32.2. The summed E-state index contributed by atoms with van der Waals surface area (Å²) in [6.45, 7) is 1.49. The fraction of sp³-hybridized carbons (Fsp3) is 0.167. The third-order valence-electron chi connectivity index (χ3n) is 3.60. The molecule has 3 rings (SSSR count). The average molecular weight is 403 g/mol. The van der Waals surface area contributed by atoms with E-state index in [1.54, 1.807) is 19.1 Å². The van der Waals surface area contributed by atoms with E-state index in [1.807, 2.05) is 0 Å². The van der Waals surface area contributed by atoms with E-state index in [1.165, 1.54) is 48.2 Å². The second kappa shape index (κ2) is 8.61. The van der Waals surface area contributed by atoms with Crippen molar-refractivity contribution < 1.29 is 23.4 Å². The number of carbonyl (C=O) groups excluding carboxylic acids is 1. The molecule has 28 heavy (non-hydrogen) atoms. The Kier molecular flexibility index (Phi) is 5.99. The second-order valence-corrected chi connectivity index (χ2v) is 7.06. The van der Waals surface area contributed by atoms with Crippen LogP contribution in [0.4, 0.5) is 10.1 Å². The zero-order chi connectivity index (χ0) is 20.1. The zero-order valence-corrected chi connectivity index (χ0v) is 15.4. The SMILES string of the molecule is CC(Sc1ccc([N+](=O)[O-])cc1)C(=O)OCc1noc(-c2ccc(F)cc2)n1. The van der Waals surface area contributed by atoms with Gasteiger partial charge in [0, 0.05) is 22.6 Å². The van der Waals surface area contributed by atoms with E-state index >= 15 is 0 Å². The molecule has 0 aliphatic heterocycles. The van der Waals surface area contributed by atoms with Crippen LogP contribution in [-0.4, -0.2) is 26.3 Å². The lowest BCUT2D eigenvalue weighted by molar-refractivity contribution is -0.384. The normalized spacial score (nSPS) is 11.8. The molecule has 0 radical (unpaired) electrons. The highest BCUT2D eigenvalue weighted by molar-refractivity contribution is 8.00. The molecule has 0 aliphatic rings. The first kappa shape index (κ1) is 19.5. The van der Waals surface area contributed by atoms with Crippen LogP contribution < -0.4 is 0 Å². The molecule has 0 fully saturated rings. The van der Waals surface area contributed by atoms with Crippen LogP contribution in [0.25, 0.3) is 11.5 Å². The molecule has 0 aliphatic carbocycles. The van der Waals surface area contributed by atoms with Crippen LogP contribution in [0.1, 0.15) is 12.7 Å². The first-order valence-electron chi connectivity index (χ1n) is 8.08.